The Hall–Kier alpha value is -0.610. The number of carbonyl (C=O) groups is 1. The third kappa shape index (κ3) is 2.80. The monoisotopic (exact) mass is 147 g/mol. The predicted molar refractivity (Wildman–Crippen MR) is 36.7 cm³/mol. The topological polar surface area (TPSA) is 72.5 Å². The molecule has 3 N–H and O–H groups in total. The maximum absolute atomic E-state index is 10.2. The van der Waals surface area contributed by atoms with Gasteiger partial charge in [0.15, 0.2) is 0 Å². The molecule has 0 saturated heterocycles. The van der Waals surface area contributed by atoms with Crippen LogP contribution in [0.15, 0.2) is 0 Å². The first-order chi connectivity index (χ1) is 4.59. The third-order valence-electron chi connectivity index (χ3n) is 1.33. The Balaban J connectivity index is 3.69. The summed E-state index contributed by atoms with van der Waals surface area (Å²) in [4.78, 5) is 10.2. The van der Waals surface area contributed by atoms with Crippen LogP contribution < -0.4 is 5.73 Å². The second kappa shape index (κ2) is 4.24. The molecule has 0 amide bonds. The molecule has 0 aliphatic rings. The van der Waals surface area contributed by atoms with Gasteiger partial charge >= 0.3 is 5.97 Å². The van der Waals surface area contributed by atoms with E-state index >= 15 is 0 Å². The van der Waals surface area contributed by atoms with Crippen molar-refractivity contribution in [3.05, 3.63) is 0 Å². The fourth-order valence-electron chi connectivity index (χ4n) is 0.610. The highest BCUT2D eigenvalue weighted by atomic mass is 16.5. The van der Waals surface area contributed by atoms with Crippen molar-refractivity contribution in [2.45, 2.75) is 13.0 Å². The van der Waals surface area contributed by atoms with Gasteiger partial charge in [-0.25, -0.2) is 0 Å². The molecule has 4 heteroatoms. The summed E-state index contributed by atoms with van der Waals surface area (Å²) in [7, 11) is 1.52. The van der Waals surface area contributed by atoms with Gasteiger partial charge in [0.1, 0.15) is 6.04 Å². The number of hydrogen-bond acceptors (Lipinski definition) is 3. The lowest BCUT2D eigenvalue weighted by Crippen LogP contribution is -2.38. The first kappa shape index (κ1) is 9.39. The molecule has 0 aromatic rings. The van der Waals surface area contributed by atoms with Crippen LogP contribution in [-0.4, -0.2) is 30.8 Å². The minimum Gasteiger partial charge on any atom is -0.480 e. The van der Waals surface area contributed by atoms with Crippen molar-refractivity contribution in [3.63, 3.8) is 0 Å². The van der Waals surface area contributed by atoms with Gasteiger partial charge < -0.3 is 15.6 Å². The van der Waals surface area contributed by atoms with Gasteiger partial charge in [-0.3, -0.25) is 4.79 Å². The lowest BCUT2D eigenvalue weighted by Gasteiger charge is -2.13. The molecule has 0 saturated carbocycles. The molecular weight excluding hydrogens is 134 g/mol. The van der Waals surface area contributed by atoms with Crippen LogP contribution in [0.2, 0.25) is 0 Å². The number of nitrogens with two attached hydrogens (primary N) is 1. The third-order valence-corrected chi connectivity index (χ3v) is 1.33. The zero-order valence-electron chi connectivity index (χ0n) is 6.20. The number of hydrogen-bond donors (Lipinski definition) is 2. The minimum absolute atomic E-state index is 0.137. The second-order valence-electron chi connectivity index (χ2n) is 2.30. The molecule has 0 rings (SSSR count). The Kier molecular flexibility index (Phi) is 3.99. The average Bonchev–Trinajstić information content (AvgIpc) is 1.87. The van der Waals surface area contributed by atoms with E-state index in [0.29, 0.717) is 6.61 Å². The van der Waals surface area contributed by atoms with Crippen molar-refractivity contribution in [2.75, 3.05) is 13.7 Å². The molecule has 0 aliphatic carbocycles. The molecule has 4 nitrogen and oxygen atoms in total. The molecule has 10 heavy (non-hydrogen) atoms. The molecule has 0 radical (unpaired) electrons. The molecule has 0 aromatic carbocycles. The summed E-state index contributed by atoms with van der Waals surface area (Å²) in [6.07, 6.45) is 0. The van der Waals surface area contributed by atoms with Crippen LogP contribution in [-0.2, 0) is 9.53 Å². The van der Waals surface area contributed by atoms with Gasteiger partial charge in [-0.15, -0.1) is 0 Å². The number of methoxy groups -OCH3 is 1. The van der Waals surface area contributed by atoms with E-state index in [-0.39, 0.29) is 5.92 Å². The van der Waals surface area contributed by atoms with Crippen molar-refractivity contribution < 1.29 is 14.6 Å². The largest absolute Gasteiger partial charge is 0.480 e. The van der Waals surface area contributed by atoms with Crippen LogP contribution in [0.25, 0.3) is 0 Å². The smallest absolute Gasteiger partial charge is 0.320 e. The van der Waals surface area contributed by atoms with Crippen LogP contribution >= 0.6 is 0 Å². The molecule has 2 atom stereocenters. The fraction of sp³-hybridized carbons (Fsp3) is 0.833. The van der Waals surface area contributed by atoms with Crippen molar-refractivity contribution in [1.29, 1.82) is 0 Å². The van der Waals surface area contributed by atoms with E-state index in [1.54, 1.807) is 6.92 Å². The van der Waals surface area contributed by atoms with E-state index < -0.39 is 12.0 Å². The summed E-state index contributed by atoms with van der Waals surface area (Å²) in [5.41, 5.74) is 5.27. The summed E-state index contributed by atoms with van der Waals surface area (Å²) >= 11 is 0. The summed E-state index contributed by atoms with van der Waals surface area (Å²) in [5.74, 6) is -1.12. The zero-order chi connectivity index (χ0) is 8.15. The second-order valence-corrected chi connectivity index (χ2v) is 2.30. The number of ether oxygens (including phenoxy) is 1. The van der Waals surface area contributed by atoms with Crippen molar-refractivity contribution >= 4 is 5.97 Å². The first-order valence-corrected chi connectivity index (χ1v) is 3.07. The van der Waals surface area contributed by atoms with Gasteiger partial charge in [-0.05, 0) is 0 Å². The maximum Gasteiger partial charge on any atom is 0.320 e. The minimum atomic E-state index is -0.982. The molecule has 0 fully saturated rings. The number of aliphatic carboxylic acids is 1. The van der Waals surface area contributed by atoms with Crippen LogP contribution in [0, 0.1) is 5.92 Å². The Bertz CT molecular complexity index is 116. The van der Waals surface area contributed by atoms with Crippen LogP contribution in [0.5, 0.6) is 0 Å². The summed E-state index contributed by atoms with van der Waals surface area (Å²) in [6.45, 7) is 2.12. The van der Waals surface area contributed by atoms with E-state index in [2.05, 4.69) is 0 Å². The van der Waals surface area contributed by atoms with Gasteiger partial charge in [0, 0.05) is 13.0 Å². The SMILES string of the molecule is COCC(C)[C@H](N)C(=O)O. The van der Waals surface area contributed by atoms with Crippen molar-refractivity contribution in [2.24, 2.45) is 11.7 Å². The first-order valence-electron chi connectivity index (χ1n) is 3.07. The van der Waals surface area contributed by atoms with Crippen LogP contribution in [0.1, 0.15) is 6.92 Å². The highest BCUT2D eigenvalue weighted by molar-refractivity contribution is 5.73. The molecule has 0 aliphatic heterocycles. The predicted octanol–water partition coefficient (Wildman–Crippen LogP) is -0.319. The van der Waals surface area contributed by atoms with Crippen LogP contribution in [0.3, 0.4) is 0 Å². The number of rotatable bonds is 4. The molecule has 0 heterocycles. The Morgan fingerprint density at radius 3 is 2.60 bits per heavy atom. The van der Waals surface area contributed by atoms with E-state index in [1.165, 1.54) is 7.11 Å². The Labute approximate surface area is 60.0 Å². The summed E-state index contributed by atoms with van der Waals surface area (Å²) in [5, 5.41) is 8.40. The zero-order valence-corrected chi connectivity index (χ0v) is 6.20. The lowest BCUT2D eigenvalue weighted by atomic mass is 10.1. The summed E-state index contributed by atoms with van der Waals surface area (Å²) < 4.78 is 4.73. The van der Waals surface area contributed by atoms with Crippen molar-refractivity contribution in [3.8, 4) is 0 Å². The van der Waals surface area contributed by atoms with E-state index in [4.69, 9.17) is 15.6 Å². The van der Waals surface area contributed by atoms with Gasteiger partial charge in [0.2, 0.25) is 0 Å². The van der Waals surface area contributed by atoms with Crippen molar-refractivity contribution in [1.82, 2.24) is 0 Å². The van der Waals surface area contributed by atoms with Gasteiger partial charge in [-0.1, -0.05) is 6.92 Å². The molecule has 60 valence electrons. The molecule has 0 bridgehead atoms. The summed E-state index contributed by atoms with van der Waals surface area (Å²) in [6, 6.07) is -0.819. The Morgan fingerprint density at radius 1 is 1.80 bits per heavy atom. The lowest BCUT2D eigenvalue weighted by molar-refractivity contribution is -0.140. The van der Waals surface area contributed by atoms with E-state index in [9.17, 15) is 4.79 Å². The highest BCUT2D eigenvalue weighted by Crippen LogP contribution is 1.99. The van der Waals surface area contributed by atoms with Crippen LogP contribution in [0.4, 0.5) is 0 Å². The van der Waals surface area contributed by atoms with Gasteiger partial charge in [0.05, 0.1) is 6.61 Å². The van der Waals surface area contributed by atoms with Gasteiger partial charge in [0.25, 0.3) is 0 Å². The van der Waals surface area contributed by atoms with E-state index in [1.807, 2.05) is 0 Å². The quantitative estimate of drug-likeness (QED) is 0.571. The number of carboxylic acid groups (broad SMARTS) is 1. The van der Waals surface area contributed by atoms with E-state index in [0.717, 1.165) is 0 Å². The standard InChI is InChI=1S/C6H13NO3/c1-4(3-10-2)5(7)6(8)9/h4-5H,3,7H2,1-2H3,(H,8,9)/t4?,5-/m0/s1. The van der Waals surface area contributed by atoms with Gasteiger partial charge in [-0.2, -0.15) is 0 Å². The fourth-order valence-corrected chi connectivity index (χ4v) is 0.610. The molecule has 0 aromatic heterocycles. The highest BCUT2D eigenvalue weighted by Gasteiger charge is 2.18. The molecule has 1 unspecified atom stereocenters. The Morgan fingerprint density at radius 2 is 2.30 bits per heavy atom. The maximum atomic E-state index is 10.2. The molecular formula is C6H13NO3. The average molecular weight is 147 g/mol. The normalized spacial score (nSPS) is 16.3. The molecule has 0 spiro atoms. The number of carboxylic acids is 1.